The third-order valence-electron chi connectivity index (χ3n) is 2.61. The van der Waals surface area contributed by atoms with Crippen LogP contribution in [0.1, 0.15) is 11.4 Å². The van der Waals surface area contributed by atoms with E-state index in [9.17, 15) is 0 Å². The molecule has 0 spiro atoms. The number of anilines is 1. The Hall–Kier alpha value is -1.42. The molecule has 4 heteroatoms. The number of aryl methyl sites for hydroxylation is 1. The smallest absolute Gasteiger partial charge is 0.132 e. The van der Waals surface area contributed by atoms with Crippen LogP contribution < -0.4 is 5.32 Å². The van der Waals surface area contributed by atoms with E-state index in [-0.39, 0.29) is 0 Å². The maximum Gasteiger partial charge on any atom is 0.132 e. The first-order valence-corrected chi connectivity index (χ1v) is 6.20. The van der Waals surface area contributed by atoms with Crippen molar-refractivity contribution in [3.05, 3.63) is 40.1 Å². The van der Waals surface area contributed by atoms with Crippen LogP contribution in [-0.2, 0) is 0 Å². The molecule has 1 heterocycles. The summed E-state index contributed by atoms with van der Waals surface area (Å²) in [5.41, 5.74) is 3.16. The lowest BCUT2D eigenvalue weighted by Gasteiger charge is -2.10. The Balaban J connectivity index is 2.58. The molecule has 1 aromatic heterocycles. The molecule has 0 radical (unpaired) electrons. The standard InChI is InChI=1S/C13H14BrN3/c1-8-12(10-4-6-11(14)7-5-10)16-9(2)17-13(8)15-3/h4-7H,1-3H3,(H,15,16,17). The molecule has 88 valence electrons. The van der Waals surface area contributed by atoms with Gasteiger partial charge in [-0.05, 0) is 26.0 Å². The molecule has 0 atom stereocenters. The number of halogens is 1. The molecular weight excluding hydrogens is 278 g/mol. The average Bonchev–Trinajstić information content (AvgIpc) is 2.33. The number of benzene rings is 1. The third-order valence-corrected chi connectivity index (χ3v) is 3.14. The van der Waals surface area contributed by atoms with E-state index in [1.165, 1.54) is 0 Å². The topological polar surface area (TPSA) is 37.8 Å². The van der Waals surface area contributed by atoms with Crippen molar-refractivity contribution in [1.29, 1.82) is 0 Å². The zero-order valence-electron chi connectivity index (χ0n) is 10.1. The molecule has 0 aliphatic heterocycles. The van der Waals surface area contributed by atoms with Crippen molar-refractivity contribution >= 4 is 21.7 Å². The second-order valence-corrected chi connectivity index (χ2v) is 4.77. The van der Waals surface area contributed by atoms with E-state index in [1.54, 1.807) is 0 Å². The van der Waals surface area contributed by atoms with Gasteiger partial charge < -0.3 is 5.32 Å². The second-order valence-electron chi connectivity index (χ2n) is 3.85. The van der Waals surface area contributed by atoms with Crippen LogP contribution in [0.4, 0.5) is 5.82 Å². The van der Waals surface area contributed by atoms with Gasteiger partial charge in [0.15, 0.2) is 0 Å². The van der Waals surface area contributed by atoms with Gasteiger partial charge in [0, 0.05) is 22.6 Å². The predicted molar refractivity (Wildman–Crippen MR) is 74.2 cm³/mol. The number of nitrogens with zero attached hydrogens (tertiary/aromatic N) is 2. The predicted octanol–water partition coefficient (Wildman–Crippen LogP) is 3.56. The number of hydrogen-bond acceptors (Lipinski definition) is 3. The number of hydrogen-bond donors (Lipinski definition) is 1. The fourth-order valence-electron chi connectivity index (χ4n) is 1.76. The van der Waals surface area contributed by atoms with Crippen molar-refractivity contribution in [3.8, 4) is 11.3 Å². The molecule has 0 bridgehead atoms. The van der Waals surface area contributed by atoms with E-state index in [2.05, 4.69) is 43.3 Å². The molecule has 0 fully saturated rings. The van der Waals surface area contributed by atoms with Crippen LogP contribution in [0.15, 0.2) is 28.7 Å². The van der Waals surface area contributed by atoms with Gasteiger partial charge >= 0.3 is 0 Å². The summed E-state index contributed by atoms with van der Waals surface area (Å²) in [6.07, 6.45) is 0. The van der Waals surface area contributed by atoms with Crippen molar-refractivity contribution in [2.45, 2.75) is 13.8 Å². The van der Waals surface area contributed by atoms with Gasteiger partial charge in [-0.2, -0.15) is 0 Å². The van der Waals surface area contributed by atoms with Crippen molar-refractivity contribution in [2.75, 3.05) is 12.4 Å². The quantitative estimate of drug-likeness (QED) is 0.919. The Bertz CT molecular complexity index is 535. The van der Waals surface area contributed by atoms with Crippen molar-refractivity contribution in [3.63, 3.8) is 0 Å². The van der Waals surface area contributed by atoms with Gasteiger partial charge in [0.05, 0.1) is 5.69 Å². The highest BCUT2D eigenvalue weighted by atomic mass is 79.9. The highest BCUT2D eigenvalue weighted by Crippen LogP contribution is 2.26. The van der Waals surface area contributed by atoms with Crippen LogP contribution in [0.2, 0.25) is 0 Å². The Morgan fingerprint density at radius 2 is 1.71 bits per heavy atom. The highest BCUT2D eigenvalue weighted by Gasteiger charge is 2.09. The fourth-order valence-corrected chi connectivity index (χ4v) is 2.03. The molecule has 2 rings (SSSR count). The van der Waals surface area contributed by atoms with E-state index in [4.69, 9.17) is 0 Å². The van der Waals surface area contributed by atoms with Gasteiger partial charge in [-0.3, -0.25) is 0 Å². The molecule has 1 aromatic carbocycles. The van der Waals surface area contributed by atoms with Crippen LogP contribution in [-0.4, -0.2) is 17.0 Å². The van der Waals surface area contributed by atoms with Crippen LogP contribution in [0.5, 0.6) is 0 Å². The van der Waals surface area contributed by atoms with Gasteiger partial charge in [0.1, 0.15) is 11.6 Å². The van der Waals surface area contributed by atoms with Gasteiger partial charge in [-0.15, -0.1) is 0 Å². The lowest BCUT2D eigenvalue weighted by Crippen LogP contribution is -2.02. The zero-order valence-corrected chi connectivity index (χ0v) is 11.7. The summed E-state index contributed by atoms with van der Waals surface area (Å²) < 4.78 is 1.07. The third kappa shape index (κ3) is 2.47. The lowest BCUT2D eigenvalue weighted by molar-refractivity contribution is 1.04. The van der Waals surface area contributed by atoms with E-state index < -0.39 is 0 Å². The highest BCUT2D eigenvalue weighted by molar-refractivity contribution is 9.10. The maximum atomic E-state index is 4.51. The Labute approximate surface area is 109 Å². The molecule has 0 aliphatic carbocycles. The lowest BCUT2D eigenvalue weighted by atomic mass is 10.1. The minimum absolute atomic E-state index is 0.776. The summed E-state index contributed by atoms with van der Waals surface area (Å²) in [7, 11) is 1.88. The number of aromatic nitrogens is 2. The van der Waals surface area contributed by atoms with Crippen LogP contribution in [0, 0.1) is 13.8 Å². The fraction of sp³-hybridized carbons (Fsp3) is 0.231. The molecule has 0 aliphatic rings. The van der Waals surface area contributed by atoms with Crippen molar-refractivity contribution in [1.82, 2.24) is 9.97 Å². The van der Waals surface area contributed by atoms with Crippen molar-refractivity contribution < 1.29 is 0 Å². The van der Waals surface area contributed by atoms with Gasteiger partial charge in [-0.1, -0.05) is 28.1 Å². The first kappa shape index (κ1) is 12.0. The first-order valence-electron chi connectivity index (χ1n) is 5.40. The largest absolute Gasteiger partial charge is 0.373 e. The summed E-state index contributed by atoms with van der Waals surface area (Å²) >= 11 is 3.43. The number of rotatable bonds is 2. The first-order chi connectivity index (χ1) is 8.11. The summed E-state index contributed by atoms with van der Waals surface area (Å²) in [6, 6.07) is 8.15. The van der Waals surface area contributed by atoms with Crippen LogP contribution in [0.3, 0.4) is 0 Å². The molecule has 1 N–H and O–H groups in total. The molecule has 3 nitrogen and oxygen atoms in total. The second kappa shape index (κ2) is 4.84. The molecule has 0 saturated heterocycles. The molecule has 0 amide bonds. The molecule has 0 unspecified atom stereocenters. The van der Waals surface area contributed by atoms with Gasteiger partial charge in [0.25, 0.3) is 0 Å². The van der Waals surface area contributed by atoms with Crippen LogP contribution in [0.25, 0.3) is 11.3 Å². The Kier molecular flexibility index (Phi) is 3.43. The SMILES string of the molecule is CNc1nc(C)nc(-c2ccc(Br)cc2)c1C. The molecule has 2 aromatic rings. The number of nitrogens with one attached hydrogen (secondary N) is 1. The molecule has 0 saturated carbocycles. The Morgan fingerprint density at radius 3 is 2.29 bits per heavy atom. The van der Waals surface area contributed by atoms with Gasteiger partial charge in [0.2, 0.25) is 0 Å². The van der Waals surface area contributed by atoms with Gasteiger partial charge in [-0.25, -0.2) is 9.97 Å². The maximum absolute atomic E-state index is 4.51. The average molecular weight is 292 g/mol. The monoisotopic (exact) mass is 291 g/mol. The summed E-state index contributed by atoms with van der Waals surface area (Å²) in [5.74, 6) is 1.66. The minimum Gasteiger partial charge on any atom is -0.373 e. The van der Waals surface area contributed by atoms with Crippen molar-refractivity contribution in [2.24, 2.45) is 0 Å². The molecule has 17 heavy (non-hydrogen) atoms. The summed E-state index contributed by atoms with van der Waals surface area (Å²) in [4.78, 5) is 8.88. The minimum atomic E-state index is 0.776. The normalized spacial score (nSPS) is 10.4. The van der Waals surface area contributed by atoms with E-state index in [0.717, 1.165) is 32.9 Å². The molecular formula is C13H14BrN3. The van der Waals surface area contributed by atoms with E-state index in [1.807, 2.05) is 33.0 Å². The summed E-state index contributed by atoms with van der Waals surface area (Å²) in [5, 5.41) is 3.10. The Morgan fingerprint density at radius 1 is 1.06 bits per heavy atom. The summed E-state index contributed by atoms with van der Waals surface area (Å²) in [6.45, 7) is 3.94. The van der Waals surface area contributed by atoms with E-state index >= 15 is 0 Å². The van der Waals surface area contributed by atoms with Crippen LogP contribution >= 0.6 is 15.9 Å². The van der Waals surface area contributed by atoms with E-state index in [0.29, 0.717) is 0 Å². The zero-order chi connectivity index (χ0) is 12.4.